The van der Waals surface area contributed by atoms with Gasteiger partial charge in [-0.05, 0) is 31.3 Å². The summed E-state index contributed by atoms with van der Waals surface area (Å²) in [4.78, 5) is 3.35. The lowest BCUT2D eigenvalue weighted by Gasteiger charge is -1.99. The molecule has 1 aromatic heterocycles. The second-order valence-corrected chi connectivity index (χ2v) is 3.82. The van der Waals surface area contributed by atoms with Crippen molar-refractivity contribution in [3.63, 3.8) is 0 Å². The standard InChI is InChI=1S/C14H16N2O/c1-4-10(9-15-2)14-8-11-7-12(17-3)5-6-13(11)16-14/h5-8,15-16H,1,9H2,2-3H3. The van der Waals surface area contributed by atoms with Gasteiger partial charge in [-0.3, -0.25) is 0 Å². The fourth-order valence-electron chi connectivity index (χ4n) is 1.83. The number of nitrogens with one attached hydrogen (secondary N) is 2. The van der Waals surface area contributed by atoms with E-state index in [9.17, 15) is 0 Å². The Kier molecular flexibility index (Phi) is 3.33. The summed E-state index contributed by atoms with van der Waals surface area (Å²) >= 11 is 0. The zero-order chi connectivity index (χ0) is 12.3. The maximum atomic E-state index is 5.20. The van der Waals surface area contributed by atoms with Gasteiger partial charge in [0, 0.05) is 23.0 Å². The van der Waals surface area contributed by atoms with Crippen LogP contribution >= 0.6 is 0 Å². The minimum Gasteiger partial charge on any atom is -0.497 e. The summed E-state index contributed by atoms with van der Waals surface area (Å²) in [6.45, 7) is 4.46. The Morgan fingerprint density at radius 1 is 1.47 bits per heavy atom. The Morgan fingerprint density at radius 3 is 2.94 bits per heavy atom. The van der Waals surface area contributed by atoms with Gasteiger partial charge in [0.25, 0.3) is 0 Å². The zero-order valence-corrected chi connectivity index (χ0v) is 10.1. The fraction of sp³-hybridized carbons (Fsp3) is 0.214. The number of hydrogen-bond donors (Lipinski definition) is 2. The van der Waals surface area contributed by atoms with Gasteiger partial charge in [-0.2, -0.15) is 0 Å². The molecule has 0 fully saturated rings. The lowest BCUT2D eigenvalue weighted by Crippen LogP contribution is -2.09. The number of rotatable bonds is 4. The summed E-state index contributed by atoms with van der Waals surface area (Å²) in [5, 5.41) is 4.23. The maximum Gasteiger partial charge on any atom is 0.119 e. The van der Waals surface area contributed by atoms with Crippen molar-refractivity contribution in [3.8, 4) is 5.75 Å². The molecule has 0 aliphatic heterocycles. The normalized spacial score (nSPS) is 10.2. The van der Waals surface area contributed by atoms with Crippen molar-refractivity contribution in [2.45, 2.75) is 0 Å². The summed E-state index contributed by atoms with van der Waals surface area (Å²) in [6.07, 6.45) is 0. The molecule has 0 aliphatic carbocycles. The second-order valence-electron chi connectivity index (χ2n) is 3.82. The molecule has 1 heterocycles. The van der Waals surface area contributed by atoms with E-state index < -0.39 is 0 Å². The van der Waals surface area contributed by atoms with Crippen molar-refractivity contribution in [2.24, 2.45) is 0 Å². The van der Waals surface area contributed by atoms with Crippen LogP contribution in [0.3, 0.4) is 0 Å². The van der Waals surface area contributed by atoms with Crippen LogP contribution in [-0.4, -0.2) is 25.7 Å². The predicted octanol–water partition coefficient (Wildman–Crippen LogP) is 2.56. The molecule has 2 rings (SSSR count). The van der Waals surface area contributed by atoms with Gasteiger partial charge >= 0.3 is 0 Å². The van der Waals surface area contributed by atoms with Gasteiger partial charge in [-0.15, -0.1) is 5.73 Å². The first-order valence-electron chi connectivity index (χ1n) is 5.49. The van der Waals surface area contributed by atoms with Crippen molar-refractivity contribution in [3.05, 3.63) is 42.3 Å². The maximum absolute atomic E-state index is 5.20. The monoisotopic (exact) mass is 228 g/mol. The van der Waals surface area contributed by atoms with E-state index in [1.807, 2.05) is 25.2 Å². The third-order valence-corrected chi connectivity index (χ3v) is 2.72. The van der Waals surface area contributed by atoms with Crippen LogP contribution in [0.5, 0.6) is 5.75 Å². The fourth-order valence-corrected chi connectivity index (χ4v) is 1.83. The molecule has 2 N–H and O–H groups in total. The average molecular weight is 228 g/mol. The first kappa shape index (κ1) is 11.5. The van der Waals surface area contributed by atoms with E-state index in [4.69, 9.17) is 4.74 Å². The van der Waals surface area contributed by atoms with E-state index >= 15 is 0 Å². The Labute approximate surface area is 101 Å². The number of aromatic nitrogens is 1. The van der Waals surface area contributed by atoms with E-state index in [1.54, 1.807) is 7.11 Å². The number of likely N-dealkylation sites (N-methyl/N-ethyl adjacent to an activating group) is 1. The Balaban J connectivity index is 2.47. The molecule has 0 aliphatic rings. The number of fused-ring (bicyclic) bond motifs is 1. The van der Waals surface area contributed by atoms with E-state index in [1.165, 1.54) is 0 Å². The lowest BCUT2D eigenvalue weighted by molar-refractivity contribution is 0.415. The van der Waals surface area contributed by atoms with Crippen LogP contribution in [0, 0.1) is 0 Å². The number of benzene rings is 1. The molecule has 0 saturated carbocycles. The molecule has 0 atom stereocenters. The Hall–Kier alpha value is -1.96. The first-order chi connectivity index (χ1) is 8.28. The Bertz CT molecular complexity index is 577. The van der Waals surface area contributed by atoms with Crippen LogP contribution < -0.4 is 10.1 Å². The molecule has 0 amide bonds. The second kappa shape index (κ2) is 4.91. The number of hydrogen-bond acceptors (Lipinski definition) is 2. The van der Waals surface area contributed by atoms with Gasteiger partial charge in [0.2, 0.25) is 0 Å². The molecule has 0 radical (unpaired) electrons. The van der Waals surface area contributed by atoms with Crippen LogP contribution in [0.25, 0.3) is 16.5 Å². The molecule has 17 heavy (non-hydrogen) atoms. The van der Waals surface area contributed by atoms with Gasteiger partial charge in [0.15, 0.2) is 0 Å². The molecule has 88 valence electrons. The summed E-state index contributed by atoms with van der Waals surface area (Å²) in [5.74, 6) is 0.862. The highest BCUT2D eigenvalue weighted by molar-refractivity contribution is 5.86. The molecule has 2 aromatic rings. The quantitative estimate of drug-likeness (QED) is 0.789. The SMILES string of the molecule is C=C=C(CNC)c1cc2cc(OC)ccc2[nH]1. The highest BCUT2D eigenvalue weighted by Gasteiger charge is 2.05. The summed E-state index contributed by atoms with van der Waals surface area (Å²) in [5.41, 5.74) is 6.11. The van der Waals surface area contributed by atoms with Gasteiger partial charge in [0.05, 0.1) is 12.8 Å². The number of aromatic amines is 1. The van der Waals surface area contributed by atoms with E-state index in [0.717, 1.165) is 34.5 Å². The van der Waals surface area contributed by atoms with E-state index in [0.29, 0.717) is 0 Å². The summed E-state index contributed by atoms with van der Waals surface area (Å²) in [7, 11) is 3.58. The van der Waals surface area contributed by atoms with E-state index in [2.05, 4.69) is 28.7 Å². The number of ether oxygens (including phenoxy) is 1. The van der Waals surface area contributed by atoms with Gasteiger partial charge in [0.1, 0.15) is 5.75 Å². The van der Waals surface area contributed by atoms with Crippen molar-refractivity contribution in [1.29, 1.82) is 0 Å². The third-order valence-electron chi connectivity index (χ3n) is 2.72. The highest BCUT2D eigenvalue weighted by Crippen LogP contribution is 2.24. The third kappa shape index (κ3) is 2.26. The molecule has 3 heteroatoms. The number of H-pyrrole nitrogens is 1. The predicted molar refractivity (Wildman–Crippen MR) is 71.3 cm³/mol. The molecule has 0 bridgehead atoms. The summed E-state index contributed by atoms with van der Waals surface area (Å²) in [6, 6.07) is 8.05. The minimum atomic E-state index is 0.744. The molecule has 1 aromatic carbocycles. The van der Waals surface area contributed by atoms with Crippen LogP contribution in [0.1, 0.15) is 5.69 Å². The molecule has 3 nitrogen and oxygen atoms in total. The van der Waals surface area contributed by atoms with Crippen molar-refractivity contribution in [1.82, 2.24) is 10.3 Å². The molecule has 0 saturated heterocycles. The van der Waals surface area contributed by atoms with Crippen LogP contribution in [-0.2, 0) is 0 Å². The molecular formula is C14H16N2O. The zero-order valence-electron chi connectivity index (χ0n) is 10.1. The largest absolute Gasteiger partial charge is 0.497 e. The lowest BCUT2D eigenvalue weighted by atomic mass is 10.2. The minimum absolute atomic E-state index is 0.744. The molecule has 0 spiro atoms. The number of methoxy groups -OCH3 is 1. The van der Waals surface area contributed by atoms with Crippen LogP contribution in [0.4, 0.5) is 0 Å². The van der Waals surface area contributed by atoms with Gasteiger partial charge < -0.3 is 15.0 Å². The van der Waals surface area contributed by atoms with E-state index in [-0.39, 0.29) is 0 Å². The van der Waals surface area contributed by atoms with Gasteiger partial charge in [-0.1, -0.05) is 6.58 Å². The summed E-state index contributed by atoms with van der Waals surface area (Å²) < 4.78 is 5.20. The highest BCUT2D eigenvalue weighted by atomic mass is 16.5. The van der Waals surface area contributed by atoms with Crippen molar-refractivity contribution >= 4 is 16.5 Å². The van der Waals surface area contributed by atoms with Crippen LogP contribution in [0.15, 0.2) is 36.6 Å². The first-order valence-corrected chi connectivity index (χ1v) is 5.49. The van der Waals surface area contributed by atoms with Crippen molar-refractivity contribution < 1.29 is 4.74 Å². The molecule has 0 unspecified atom stereocenters. The van der Waals surface area contributed by atoms with Crippen molar-refractivity contribution in [2.75, 3.05) is 20.7 Å². The topological polar surface area (TPSA) is 37.0 Å². The van der Waals surface area contributed by atoms with Gasteiger partial charge in [-0.25, -0.2) is 0 Å². The Morgan fingerprint density at radius 2 is 2.29 bits per heavy atom. The van der Waals surface area contributed by atoms with Crippen LogP contribution in [0.2, 0.25) is 0 Å². The smallest absolute Gasteiger partial charge is 0.119 e. The average Bonchev–Trinajstić information content (AvgIpc) is 2.78. The molecular weight excluding hydrogens is 212 g/mol.